The molecular formula is C21H22BF4N7O. The standard InChI is InChI=1S/C21H22BF4N7O/c22-20-29-21(30-33(20)13-1-2-15(23)16(24)9-13)28-17-7-12(19(25)26)8-18(27-17)32-5-3-31(4-6-32)14-10-34-11-14/h1-2,7-9,14,19H,3-6,10-11,22H2,(H,27,28,30). The maximum atomic E-state index is 13.6. The number of hydrogen-bond donors (Lipinski definition) is 1. The monoisotopic (exact) mass is 475 g/mol. The zero-order valence-corrected chi connectivity index (χ0v) is 18.4. The normalized spacial score (nSPS) is 17.3. The van der Waals surface area contributed by atoms with E-state index in [1.165, 1.54) is 22.9 Å². The largest absolute Gasteiger partial charge is 0.378 e. The van der Waals surface area contributed by atoms with E-state index in [-0.39, 0.29) is 23.0 Å². The summed E-state index contributed by atoms with van der Waals surface area (Å²) in [4.78, 5) is 13.1. The van der Waals surface area contributed by atoms with Gasteiger partial charge in [0.1, 0.15) is 11.6 Å². The van der Waals surface area contributed by atoms with Crippen molar-refractivity contribution in [1.82, 2.24) is 24.6 Å². The van der Waals surface area contributed by atoms with Crippen LogP contribution in [0.25, 0.3) is 5.69 Å². The molecule has 3 aromatic rings. The van der Waals surface area contributed by atoms with E-state index in [4.69, 9.17) is 4.74 Å². The van der Waals surface area contributed by atoms with Gasteiger partial charge in [-0.15, -0.1) is 5.10 Å². The molecule has 0 aliphatic carbocycles. The minimum atomic E-state index is -2.68. The number of halogens is 4. The molecule has 0 saturated carbocycles. The van der Waals surface area contributed by atoms with Crippen LogP contribution >= 0.6 is 0 Å². The highest BCUT2D eigenvalue weighted by Gasteiger charge is 2.29. The highest BCUT2D eigenvalue weighted by Crippen LogP contribution is 2.28. The SMILES string of the molecule is Bc1nc(Nc2cc(C(F)F)cc(N3CCN(C4COC4)CC3)n2)nn1-c1ccc(F)c(F)c1. The summed E-state index contributed by atoms with van der Waals surface area (Å²) >= 11 is 0. The van der Waals surface area contributed by atoms with Crippen molar-refractivity contribution in [3.05, 3.63) is 47.5 Å². The summed E-state index contributed by atoms with van der Waals surface area (Å²) in [5.74, 6) is -1.27. The van der Waals surface area contributed by atoms with Gasteiger partial charge >= 0.3 is 0 Å². The fourth-order valence-electron chi connectivity index (χ4n) is 4.06. The Morgan fingerprint density at radius 3 is 2.41 bits per heavy atom. The van der Waals surface area contributed by atoms with Crippen molar-refractivity contribution >= 4 is 31.2 Å². The number of alkyl halides is 2. The molecule has 0 atom stereocenters. The maximum absolute atomic E-state index is 13.6. The highest BCUT2D eigenvalue weighted by atomic mass is 19.3. The Labute approximate surface area is 193 Å². The van der Waals surface area contributed by atoms with E-state index >= 15 is 0 Å². The van der Waals surface area contributed by atoms with Crippen LogP contribution in [-0.4, -0.2) is 77.9 Å². The lowest BCUT2D eigenvalue weighted by Crippen LogP contribution is -2.56. The molecular weight excluding hydrogens is 453 g/mol. The van der Waals surface area contributed by atoms with Crippen molar-refractivity contribution < 1.29 is 22.3 Å². The number of hydrogen-bond acceptors (Lipinski definition) is 7. The van der Waals surface area contributed by atoms with Gasteiger partial charge < -0.3 is 15.0 Å². The molecule has 0 radical (unpaired) electrons. The summed E-state index contributed by atoms with van der Waals surface area (Å²) in [5.41, 5.74) is 0.510. The summed E-state index contributed by atoms with van der Waals surface area (Å²) < 4.78 is 60.7. The van der Waals surface area contributed by atoms with Crippen LogP contribution in [0.2, 0.25) is 0 Å². The predicted octanol–water partition coefficient (Wildman–Crippen LogP) is 1.40. The Kier molecular flexibility index (Phi) is 6.13. The molecule has 178 valence electrons. The quantitative estimate of drug-likeness (QED) is 0.427. The molecule has 2 aliphatic rings. The third kappa shape index (κ3) is 4.57. The molecule has 2 fully saturated rings. The van der Waals surface area contributed by atoms with Crippen LogP contribution in [0.4, 0.5) is 35.1 Å². The lowest BCUT2D eigenvalue weighted by Gasteiger charge is -2.42. The van der Waals surface area contributed by atoms with Gasteiger partial charge in [0.2, 0.25) is 5.95 Å². The molecule has 0 bridgehead atoms. The summed E-state index contributed by atoms with van der Waals surface area (Å²) in [6.45, 7) is 4.40. The van der Waals surface area contributed by atoms with E-state index < -0.39 is 18.1 Å². The Bertz CT molecular complexity index is 1180. The number of piperazine rings is 1. The Morgan fingerprint density at radius 1 is 1.00 bits per heavy atom. The van der Waals surface area contributed by atoms with Crippen molar-refractivity contribution in [3.8, 4) is 5.69 Å². The Balaban J connectivity index is 1.36. The van der Waals surface area contributed by atoms with E-state index in [1.807, 2.05) is 4.90 Å². The highest BCUT2D eigenvalue weighted by molar-refractivity contribution is 6.29. The first-order valence-electron chi connectivity index (χ1n) is 10.9. The molecule has 5 rings (SSSR count). The van der Waals surface area contributed by atoms with Crippen LogP contribution in [0.15, 0.2) is 30.3 Å². The van der Waals surface area contributed by atoms with Crippen LogP contribution in [0.3, 0.4) is 0 Å². The molecule has 1 aromatic carbocycles. The number of nitrogens with zero attached hydrogens (tertiary/aromatic N) is 6. The van der Waals surface area contributed by atoms with E-state index in [1.54, 1.807) is 7.85 Å². The number of nitrogens with one attached hydrogen (secondary N) is 1. The second-order valence-corrected chi connectivity index (χ2v) is 8.28. The van der Waals surface area contributed by atoms with Crippen molar-refractivity contribution in [1.29, 1.82) is 0 Å². The number of pyridine rings is 1. The molecule has 2 saturated heterocycles. The molecule has 34 heavy (non-hydrogen) atoms. The van der Waals surface area contributed by atoms with Crippen molar-refractivity contribution in [2.24, 2.45) is 0 Å². The van der Waals surface area contributed by atoms with Crippen LogP contribution in [-0.2, 0) is 4.74 Å². The molecule has 13 heteroatoms. The van der Waals surface area contributed by atoms with E-state index in [0.717, 1.165) is 38.4 Å². The van der Waals surface area contributed by atoms with Crippen LogP contribution in [0.1, 0.15) is 12.0 Å². The first kappa shape index (κ1) is 22.6. The average Bonchev–Trinajstić information content (AvgIpc) is 3.14. The first-order chi connectivity index (χ1) is 16.4. The molecule has 8 nitrogen and oxygen atoms in total. The molecule has 0 spiro atoms. The van der Waals surface area contributed by atoms with Gasteiger partial charge in [-0.05, 0) is 24.3 Å². The third-order valence-electron chi connectivity index (χ3n) is 6.02. The van der Waals surface area contributed by atoms with E-state index in [2.05, 4.69) is 25.3 Å². The molecule has 1 N–H and O–H groups in total. The van der Waals surface area contributed by atoms with Gasteiger partial charge in [-0.3, -0.25) is 4.90 Å². The number of benzene rings is 1. The lowest BCUT2D eigenvalue weighted by atomic mass is 10.1. The van der Waals surface area contributed by atoms with Crippen molar-refractivity contribution in [3.63, 3.8) is 0 Å². The van der Waals surface area contributed by atoms with Crippen LogP contribution in [0, 0.1) is 11.6 Å². The van der Waals surface area contributed by atoms with Crippen molar-refractivity contribution in [2.45, 2.75) is 12.5 Å². The van der Waals surface area contributed by atoms with E-state index in [9.17, 15) is 17.6 Å². The number of ether oxygens (including phenoxy) is 1. The first-order valence-corrected chi connectivity index (χ1v) is 10.9. The molecule has 2 aliphatic heterocycles. The Morgan fingerprint density at radius 2 is 1.76 bits per heavy atom. The van der Waals surface area contributed by atoms with Gasteiger partial charge in [0.25, 0.3) is 6.43 Å². The summed E-state index contributed by atoms with van der Waals surface area (Å²) in [6, 6.07) is 6.45. The van der Waals surface area contributed by atoms with Gasteiger partial charge in [0.05, 0.1) is 30.7 Å². The topological polar surface area (TPSA) is 71.3 Å². The summed E-state index contributed by atoms with van der Waals surface area (Å²) in [7, 11) is 1.64. The number of aromatic nitrogens is 4. The van der Waals surface area contributed by atoms with Crippen LogP contribution in [0.5, 0.6) is 0 Å². The van der Waals surface area contributed by atoms with Gasteiger partial charge in [-0.25, -0.2) is 32.2 Å². The number of anilines is 3. The minimum Gasteiger partial charge on any atom is -0.378 e. The third-order valence-corrected chi connectivity index (χ3v) is 6.02. The average molecular weight is 475 g/mol. The molecule has 2 aromatic heterocycles. The predicted molar refractivity (Wildman–Crippen MR) is 120 cm³/mol. The zero-order chi connectivity index (χ0) is 23.8. The maximum Gasteiger partial charge on any atom is 0.264 e. The zero-order valence-electron chi connectivity index (χ0n) is 18.4. The minimum absolute atomic E-state index is 0.0990. The molecule has 0 unspecified atom stereocenters. The smallest absolute Gasteiger partial charge is 0.264 e. The van der Waals surface area contributed by atoms with Crippen LogP contribution < -0.4 is 15.9 Å². The summed E-state index contributed by atoms with van der Waals surface area (Å²) in [5, 5.41) is 7.13. The lowest BCUT2D eigenvalue weighted by molar-refractivity contribution is -0.0661. The number of rotatable bonds is 6. The second-order valence-electron chi connectivity index (χ2n) is 8.28. The van der Waals surface area contributed by atoms with Gasteiger partial charge in [0.15, 0.2) is 19.5 Å². The van der Waals surface area contributed by atoms with E-state index in [0.29, 0.717) is 30.7 Å². The van der Waals surface area contributed by atoms with Gasteiger partial charge in [0, 0.05) is 37.8 Å². The van der Waals surface area contributed by atoms with Crippen molar-refractivity contribution in [2.75, 3.05) is 49.6 Å². The van der Waals surface area contributed by atoms with Gasteiger partial charge in [-0.2, -0.15) is 0 Å². The fraction of sp³-hybridized carbons (Fsp3) is 0.381. The van der Waals surface area contributed by atoms with Gasteiger partial charge in [-0.1, -0.05) is 0 Å². The second kappa shape index (κ2) is 9.22. The molecule has 0 amide bonds. The Hall–Kier alpha value is -3.19. The fourth-order valence-corrected chi connectivity index (χ4v) is 4.06. The summed E-state index contributed by atoms with van der Waals surface area (Å²) in [6.07, 6.45) is -2.68. The molecule has 4 heterocycles.